The Bertz CT molecular complexity index is 150. The molecule has 116 valence electrons. The van der Waals surface area contributed by atoms with E-state index in [4.69, 9.17) is 0 Å². The first-order chi connectivity index (χ1) is 9.31. The van der Waals surface area contributed by atoms with Crippen molar-refractivity contribution >= 4 is 0 Å². The van der Waals surface area contributed by atoms with Crippen molar-refractivity contribution in [2.24, 2.45) is 5.92 Å². The van der Waals surface area contributed by atoms with E-state index in [0.717, 1.165) is 5.92 Å². The average molecular weight is 269 g/mol. The summed E-state index contributed by atoms with van der Waals surface area (Å²) in [5, 5.41) is 0. The van der Waals surface area contributed by atoms with E-state index in [0.29, 0.717) is 0 Å². The molecule has 0 saturated heterocycles. The molecular weight excluding hydrogens is 228 g/mol. The standard InChI is InChI=1S/C19H40/c1-4-6-7-8-9-10-11-12-13-14-15-16-17-18-19(3)5-2/h19H,4-18H2,1-3H3. The van der Waals surface area contributed by atoms with E-state index < -0.39 is 0 Å². The minimum absolute atomic E-state index is 0.952. The van der Waals surface area contributed by atoms with Gasteiger partial charge in [0.15, 0.2) is 0 Å². The van der Waals surface area contributed by atoms with Crippen LogP contribution in [0.25, 0.3) is 0 Å². The van der Waals surface area contributed by atoms with Crippen molar-refractivity contribution in [3.8, 4) is 0 Å². The van der Waals surface area contributed by atoms with Crippen molar-refractivity contribution in [2.45, 2.75) is 117 Å². The third-order valence-corrected chi connectivity index (χ3v) is 4.50. The van der Waals surface area contributed by atoms with E-state index in [9.17, 15) is 0 Å². The first-order valence-electron chi connectivity index (χ1n) is 9.31. The second-order valence-corrected chi connectivity index (χ2v) is 6.54. The largest absolute Gasteiger partial charge is 0.0654 e. The molecule has 0 aliphatic rings. The van der Waals surface area contributed by atoms with Crippen LogP contribution in [-0.2, 0) is 0 Å². The fourth-order valence-corrected chi connectivity index (χ4v) is 2.71. The lowest BCUT2D eigenvalue weighted by Gasteiger charge is -2.07. The van der Waals surface area contributed by atoms with Gasteiger partial charge in [0.2, 0.25) is 0 Å². The van der Waals surface area contributed by atoms with E-state index in [-0.39, 0.29) is 0 Å². The monoisotopic (exact) mass is 268 g/mol. The molecular formula is C19H40. The van der Waals surface area contributed by atoms with E-state index in [1.807, 2.05) is 0 Å². The van der Waals surface area contributed by atoms with E-state index >= 15 is 0 Å². The zero-order chi connectivity index (χ0) is 14.2. The van der Waals surface area contributed by atoms with Crippen LogP contribution in [0.4, 0.5) is 0 Å². The van der Waals surface area contributed by atoms with Gasteiger partial charge in [0.1, 0.15) is 0 Å². The molecule has 1 atom stereocenters. The summed E-state index contributed by atoms with van der Waals surface area (Å²) in [7, 11) is 0. The Kier molecular flexibility index (Phi) is 16.1. The van der Waals surface area contributed by atoms with E-state index in [1.54, 1.807) is 0 Å². The van der Waals surface area contributed by atoms with Crippen molar-refractivity contribution < 1.29 is 0 Å². The van der Waals surface area contributed by atoms with E-state index in [2.05, 4.69) is 20.8 Å². The summed E-state index contributed by atoms with van der Waals surface area (Å²) in [6.07, 6.45) is 21.9. The van der Waals surface area contributed by atoms with Crippen molar-refractivity contribution in [1.82, 2.24) is 0 Å². The predicted molar refractivity (Wildman–Crippen MR) is 89.8 cm³/mol. The Hall–Kier alpha value is 0. The fraction of sp³-hybridized carbons (Fsp3) is 1.00. The highest BCUT2D eigenvalue weighted by molar-refractivity contribution is 4.52. The molecule has 0 bridgehead atoms. The van der Waals surface area contributed by atoms with Gasteiger partial charge in [0.25, 0.3) is 0 Å². The van der Waals surface area contributed by atoms with Crippen LogP contribution in [-0.4, -0.2) is 0 Å². The molecule has 0 heteroatoms. The van der Waals surface area contributed by atoms with Crippen LogP contribution in [0.3, 0.4) is 0 Å². The third-order valence-electron chi connectivity index (χ3n) is 4.50. The summed E-state index contributed by atoms with van der Waals surface area (Å²) < 4.78 is 0. The maximum absolute atomic E-state index is 2.39. The normalized spacial score (nSPS) is 12.8. The maximum atomic E-state index is 2.39. The zero-order valence-corrected chi connectivity index (χ0v) is 14.2. The van der Waals surface area contributed by atoms with Gasteiger partial charge in [-0.25, -0.2) is 0 Å². The van der Waals surface area contributed by atoms with Gasteiger partial charge in [-0.3, -0.25) is 0 Å². The molecule has 0 rings (SSSR count). The molecule has 19 heavy (non-hydrogen) atoms. The Morgan fingerprint density at radius 1 is 0.526 bits per heavy atom. The molecule has 0 radical (unpaired) electrons. The van der Waals surface area contributed by atoms with Crippen LogP contribution >= 0.6 is 0 Å². The molecule has 0 amide bonds. The van der Waals surface area contributed by atoms with Gasteiger partial charge >= 0.3 is 0 Å². The number of unbranched alkanes of at least 4 members (excludes halogenated alkanes) is 12. The van der Waals surface area contributed by atoms with Gasteiger partial charge in [-0.1, -0.05) is 117 Å². The van der Waals surface area contributed by atoms with Gasteiger partial charge in [0.05, 0.1) is 0 Å². The minimum Gasteiger partial charge on any atom is -0.0654 e. The topological polar surface area (TPSA) is 0 Å². The summed E-state index contributed by atoms with van der Waals surface area (Å²) >= 11 is 0. The molecule has 0 aliphatic heterocycles. The summed E-state index contributed by atoms with van der Waals surface area (Å²) in [6.45, 7) is 7.00. The van der Waals surface area contributed by atoms with Crippen LogP contribution in [0.2, 0.25) is 0 Å². The van der Waals surface area contributed by atoms with Crippen LogP contribution < -0.4 is 0 Å². The molecule has 0 nitrogen and oxygen atoms in total. The summed E-state index contributed by atoms with van der Waals surface area (Å²) in [6, 6.07) is 0. The van der Waals surface area contributed by atoms with Crippen molar-refractivity contribution in [3.05, 3.63) is 0 Å². The smallest absolute Gasteiger partial charge is 0.0445 e. The second kappa shape index (κ2) is 16.1. The molecule has 0 heterocycles. The number of hydrogen-bond acceptors (Lipinski definition) is 0. The average Bonchev–Trinajstić information content (AvgIpc) is 2.43. The first-order valence-corrected chi connectivity index (χ1v) is 9.31. The van der Waals surface area contributed by atoms with Gasteiger partial charge in [-0.2, -0.15) is 0 Å². The highest BCUT2D eigenvalue weighted by Crippen LogP contribution is 2.15. The second-order valence-electron chi connectivity index (χ2n) is 6.54. The van der Waals surface area contributed by atoms with Crippen LogP contribution in [0.1, 0.15) is 117 Å². The third kappa shape index (κ3) is 15.9. The molecule has 0 N–H and O–H groups in total. The van der Waals surface area contributed by atoms with Crippen LogP contribution in [0.5, 0.6) is 0 Å². The van der Waals surface area contributed by atoms with Gasteiger partial charge in [-0.05, 0) is 5.92 Å². The molecule has 0 saturated carbocycles. The molecule has 0 aromatic rings. The van der Waals surface area contributed by atoms with Crippen molar-refractivity contribution in [3.63, 3.8) is 0 Å². The Balaban J connectivity index is 2.95. The SMILES string of the molecule is CCCCCCCCCCCCCCCC(C)CC. The lowest BCUT2D eigenvalue weighted by atomic mass is 9.99. The Morgan fingerprint density at radius 3 is 1.26 bits per heavy atom. The Labute approximate surface area is 123 Å². The molecule has 0 fully saturated rings. The van der Waals surface area contributed by atoms with Gasteiger partial charge in [-0.15, -0.1) is 0 Å². The molecule has 0 aromatic heterocycles. The quantitative estimate of drug-likeness (QED) is 0.269. The fourth-order valence-electron chi connectivity index (χ4n) is 2.71. The number of rotatable bonds is 15. The van der Waals surface area contributed by atoms with Gasteiger partial charge in [0, 0.05) is 0 Å². The minimum atomic E-state index is 0.952. The predicted octanol–water partition coefficient (Wildman–Crippen LogP) is 7.51. The molecule has 1 unspecified atom stereocenters. The zero-order valence-electron chi connectivity index (χ0n) is 14.2. The van der Waals surface area contributed by atoms with Crippen molar-refractivity contribution in [2.75, 3.05) is 0 Å². The highest BCUT2D eigenvalue weighted by atomic mass is 14.0. The summed E-state index contributed by atoms with van der Waals surface area (Å²) in [5.41, 5.74) is 0. The molecule has 0 spiro atoms. The molecule has 0 aromatic carbocycles. The van der Waals surface area contributed by atoms with Gasteiger partial charge < -0.3 is 0 Å². The maximum Gasteiger partial charge on any atom is -0.0445 e. The summed E-state index contributed by atoms with van der Waals surface area (Å²) in [4.78, 5) is 0. The highest BCUT2D eigenvalue weighted by Gasteiger charge is 1.98. The Morgan fingerprint density at radius 2 is 0.895 bits per heavy atom. The number of hydrogen-bond donors (Lipinski definition) is 0. The first kappa shape index (κ1) is 19.0. The lowest BCUT2D eigenvalue weighted by Crippen LogP contribution is -1.91. The molecule has 0 aliphatic carbocycles. The summed E-state index contributed by atoms with van der Waals surface area (Å²) in [5.74, 6) is 0.952. The lowest BCUT2D eigenvalue weighted by molar-refractivity contribution is 0.468. The van der Waals surface area contributed by atoms with Crippen LogP contribution in [0.15, 0.2) is 0 Å². The van der Waals surface area contributed by atoms with E-state index in [1.165, 1.54) is 96.3 Å². The van der Waals surface area contributed by atoms with Crippen LogP contribution in [0, 0.1) is 5.92 Å². The van der Waals surface area contributed by atoms with Crippen molar-refractivity contribution in [1.29, 1.82) is 0 Å².